The van der Waals surface area contributed by atoms with Crippen molar-refractivity contribution in [3.63, 3.8) is 0 Å². The second kappa shape index (κ2) is 6.68. The Balaban J connectivity index is 2.15. The number of nitrogens with two attached hydrogens (primary N) is 1. The van der Waals surface area contributed by atoms with Crippen LogP contribution in [0.15, 0.2) is 23.2 Å². The van der Waals surface area contributed by atoms with E-state index in [1.165, 1.54) is 11.3 Å². The predicted molar refractivity (Wildman–Crippen MR) is 60.5 cm³/mol. The molecule has 0 saturated heterocycles. The summed E-state index contributed by atoms with van der Waals surface area (Å²) in [6, 6.07) is 3.83. The normalized spacial score (nSPS) is 10.4. The van der Waals surface area contributed by atoms with Crippen LogP contribution in [-0.2, 0) is 4.74 Å². The van der Waals surface area contributed by atoms with Crippen LogP contribution in [0.3, 0.4) is 0 Å². The van der Waals surface area contributed by atoms with Gasteiger partial charge in [0.25, 0.3) is 0 Å². The molecule has 0 aromatic carbocycles. The SMILES string of the molecule is COCCCCSc1ccc(N)nc1. The van der Waals surface area contributed by atoms with E-state index in [2.05, 4.69) is 4.98 Å². The fourth-order valence-electron chi connectivity index (χ4n) is 1.02. The van der Waals surface area contributed by atoms with Crippen molar-refractivity contribution in [3.8, 4) is 0 Å². The predicted octanol–water partition coefficient (Wildman–Crippen LogP) is 2.18. The van der Waals surface area contributed by atoms with Crippen LogP contribution in [0, 0.1) is 0 Å². The van der Waals surface area contributed by atoms with E-state index in [1.807, 2.05) is 18.3 Å². The van der Waals surface area contributed by atoms with Gasteiger partial charge < -0.3 is 10.5 Å². The number of hydrogen-bond donors (Lipinski definition) is 1. The van der Waals surface area contributed by atoms with Crippen molar-refractivity contribution in [1.29, 1.82) is 0 Å². The molecule has 4 heteroatoms. The first-order valence-corrected chi connectivity index (χ1v) is 5.65. The van der Waals surface area contributed by atoms with E-state index < -0.39 is 0 Å². The Morgan fingerprint density at radius 2 is 2.29 bits per heavy atom. The van der Waals surface area contributed by atoms with Crippen molar-refractivity contribution in [2.45, 2.75) is 17.7 Å². The first-order chi connectivity index (χ1) is 6.83. The molecule has 0 unspecified atom stereocenters. The monoisotopic (exact) mass is 212 g/mol. The van der Waals surface area contributed by atoms with Gasteiger partial charge in [0.2, 0.25) is 0 Å². The summed E-state index contributed by atoms with van der Waals surface area (Å²) in [4.78, 5) is 5.20. The van der Waals surface area contributed by atoms with Crippen LogP contribution in [0.2, 0.25) is 0 Å². The highest BCUT2D eigenvalue weighted by molar-refractivity contribution is 7.99. The van der Waals surface area contributed by atoms with Crippen molar-refractivity contribution >= 4 is 17.6 Å². The van der Waals surface area contributed by atoms with Crippen LogP contribution < -0.4 is 5.73 Å². The molecule has 0 aliphatic carbocycles. The summed E-state index contributed by atoms with van der Waals surface area (Å²) in [5.74, 6) is 1.68. The molecule has 1 heterocycles. The van der Waals surface area contributed by atoms with Crippen LogP contribution in [0.5, 0.6) is 0 Å². The summed E-state index contributed by atoms with van der Waals surface area (Å²) in [5, 5.41) is 0. The molecule has 0 amide bonds. The molecule has 0 spiro atoms. The van der Waals surface area contributed by atoms with Gasteiger partial charge in [0.15, 0.2) is 0 Å². The average Bonchev–Trinajstić information content (AvgIpc) is 2.21. The van der Waals surface area contributed by atoms with Crippen LogP contribution in [0.4, 0.5) is 5.82 Å². The zero-order valence-corrected chi connectivity index (χ0v) is 9.22. The Kier molecular flexibility index (Phi) is 5.40. The summed E-state index contributed by atoms with van der Waals surface area (Å²) in [6.07, 6.45) is 4.10. The minimum Gasteiger partial charge on any atom is -0.385 e. The van der Waals surface area contributed by atoms with Gasteiger partial charge in [0.05, 0.1) is 0 Å². The summed E-state index contributed by atoms with van der Waals surface area (Å²) in [7, 11) is 1.73. The lowest BCUT2D eigenvalue weighted by Gasteiger charge is -2.01. The van der Waals surface area contributed by atoms with Gasteiger partial charge in [-0.15, -0.1) is 11.8 Å². The molecular formula is C10H16N2OS. The summed E-state index contributed by atoms with van der Waals surface area (Å²) in [6.45, 7) is 0.848. The molecule has 0 aliphatic rings. The summed E-state index contributed by atoms with van der Waals surface area (Å²) in [5.41, 5.74) is 5.48. The molecule has 1 rings (SSSR count). The van der Waals surface area contributed by atoms with E-state index in [-0.39, 0.29) is 0 Å². The Bertz CT molecular complexity index is 251. The van der Waals surface area contributed by atoms with E-state index in [1.54, 1.807) is 18.9 Å². The minimum absolute atomic E-state index is 0.578. The van der Waals surface area contributed by atoms with Crippen LogP contribution in [0.1, 0.15) is 12.8 Å². The van der Waals surface area contributed by atoms with E-state index >= 15 is 0 Å². The number of nitrogen functional groups attached to an aromatic ring is 1. The minimum atomic E-state index is 0.578. The molecule has 3 nitrogen and oxygen atoms in total. The van der Waals surface area contributed by atoms with Crippen molar-refractivity contribution < 1.29 is 4.74 Å². The number of rotatable bonds is 6. The van der Waals surface area contributed by atoms with Crippen LogP contribution in [-0.4, -0.2) is 24.5 Å². The smallest absolute Gasteiger partial charge is 0.123 e. The first-order valence-electron chi connectivity index (χ1n) is 4.66. The molecule has 0 bridgehead atoms. The van der Waals surface area contributed by atoms with Gasteiger partial charge in [-0.2, -0.15) is 0 Å². The number of unbranched alkanes of at least 4 members (excludes halogenated alkanes) is 1. The van der Waals surface area contributed by atoms with Crippen molar-refractivity contribution in [2.24, 2.45) is 0 Å². The van der Waals surface area contributed by atoms with Crippen LogP contribution in [0.25, 0.3) is 0 Å². The number of pyridine rings is 1. The standard InChI is InChI=1S/C10H16N2OS/c1-13-6-2-3-7-14-9-4-5-10(11)12-8-9/h4-5,8H,2-3,6-7H2,1H3,(H2,11,12). The van der Waals surface area contributed by atoms with Gasteiger partial charge in [-0.3, -0.25) is 0 Å². The second-order valence-corrected chi connectivity index (χ2v) is 4.14. The maximum Gasteiger partial charge on any atom is 0.123 e. The quantitative estimate of drug-likeness (QED) is 0.580. The second-order valence-electron chi connectivity index (χ2n) is 2.97. The Labute approximate surface area is 89.1 Å². The number of methoxy groups -OCH3 is 1. The highest BCUT2D eigenvalue weighted by atomic mass is 32.2. The maximum atomic E-state index is 5.48. The topological polar surface area (TPSA) is 48.1 Å². The van der Waals surface area contributed by atoms with E-state index in [4.69, 9.17) is 10.5 Å². The molecule has 78 valence electrons. The molecule has 1 aromatic heterocycles. The van der Waals surface area contributed by atoms with Gasteiger partial charge in [-0.05, 0) is 30.7 Å². The first kappa shape index (κ1) is 11.3. The molecule has 0 radical (unpaired) electrons. The third kappa shape index (κ3) is 4.48. The van der Waals surface area contributed by atoms with Gasteiger partial charge in [0.1, 0.15) is 5.82 Å². The highest BCUT2D eigenvalue weighted by Crippen LogP contribution is 2.18. The van der Waals surface area contributed by atoms with Crippen LogP contribution >= 0.6 is 11.8 Å². The number of aromatic nitrogens is 1. The molecular weight excluding hydrogens is 196 g/mol. The molecule has 2 N–H and O–H groups in total. The molecule has 0 atom stereocenters. The zero-order valence-electron chi connectivity index (χ0n) is 8.40. The van der Waals surface area contributed by atoms with E-state index in [9.17, 15) is 0 Å². The molecule has 0 fully saturated rings. The number of thioether (sulfide) groups is 1. The maximum absolute atomic E-state index is 5.48. The zero-order chi connectivity index (χ0) is 10.2. The number of nitrogens with zero attached hydrogens (tertiary/aromatic N) is 1. The lowest BCUT2D eigenvalue weighted by Crippen LogP contribution is -1.91. The van der Waals surface area contributed by atoms with Gasteiger partial charge in [-0.1, -0.05) is 0 Å². The average molecular weight is 212 g/mol. The van der Waals surface area contributed by atoms with Crippen molar-refractivity contribution in [2.75, 3.05) is 25.2 Å². The van der Waals surface area contributed by atoms with Gasteiger partial charge in [-0.25, -0.2) is 4.98 Å². The summed E-state index contributed by atoms with van der Waals surface area (Å²) < 4.78 is 4.97. The Hall–Kier alpha value is -0.740. The largest absolute Gasteiger partial charge is 0.385 e. The highest BCUT2D eigenvalue weighted by Gasteiger charge is 1.94. The fourth-order valence-corrected chi connectivity index (χ4v) is 1.89. The summed E-state index contributed by atoms with van der Waals surface area (Å²) >= 11 is 1.81. The number of anilines is 1. The third-order valence-corrected chi connectivity index (χ3v) is 2.84. The van der Waals surface area contributed by atoms with Crippen molar-refractivity contribution in [1.82, 2.24) is 4.98 Å². The van der Waals surface area contributed by atoms with Gasteiger partial charge in [0, 0.05) is 24.8 Å². The molecule has 0 aliphatic heterocycles. The van der Waals surface area contributed by atoms with E-state index in [0.29, 0.717) is 5.82 Å². The molecule has 14 heavy (non-hydrogen) atoms. The fraction of sp³-hybridized carbons (Fsp3) is 0.500. The van der Waals surface area contributed by atoms with E-state index in [0.717, 1.165) is 18.8 Å². The lowest BCUT2D eigenvalue weighted by atomic mass is 10.4. The lowest BCUT2D eigenvalue weighted by molar-refractivity contribution is 0.194. The number of ether oxygens (including phenoxy) is 1. The Morgan fingerprint density at radius 3 is 2.93 bits per heavy atom. The van der Waals surface area contributed by atoms with Crippen molar-refractivity contribution in [3.05, 3.63) is 18.3 Å². The molecule has 1 aromatic rings. The number of hydrogen-bond acceptors (Lipinski definition) is 4. The third-order valence-electron chi connectivity index (χ3n) is 1.77. The molecule has 0 saturated carbocycles. The Morgan fingerprint density at radius 1 is 1.43 bits per heavy atom. The van der Waals surface area contributed by atoms with Gasteiger partial charge >= 0.3 is 0 Å².